The number of nitrogens with zero attached hydrogens (tertiary/aromatic N) is 1. The van der Waals surface area contributed by atoms with Gasteiger partial charge in [0, 0.05) is 19.6 Å². The summed E-state index contributed by atoms with van der Waals surface area (Å²) < 4.78 is 9.60. The van der Waals surface area contributed by atoms with Crippen LogP contribution in [0.4, 0.5) is 4.79 Å². The molecule has 0 N–H and O–H groups in total. The molecule has 0 radical (unpaired) electrons. The molecule has 0 aromatic carbocycles. The second kappa shape index (κ2) is 5.44. The van der Waals surface area contributed by atoms with Crippen LogP contribution in [0.3, 0.4) is 0 Å². The zero-order valence-corrected chi connectivity index (χ0v) is 8.15. The number of rotatable bonds is 6. The van der Waals surface area contributed by atoms with Gasteiger partial charge in [0.1, 0.15) is 6.61 Å². The number of hydrogen-bond acceptors (Lipinski definition) is 4. The van der Waals surface area contributed by atoms with Gasteiger partial charge >= 0.3 is 6.16 Å². The summed E-state index contributed by atoms with van der Waals surface area (Å²) in [5.74, 6) is 0. The molecule has 4 nitrogen and oxygen atoms in total. The third-order valence-corrected chi connectivity index (χ3v) is 1.89. The molecule has 0 spiro atoms. The van der Waals surface area contributed by atoms with Crippen molar-refractivity contribution in [3.05, 3.63) is 25.3 Å². The molecule has 1 fully saturated rings. The SMILES string of the molecule is C=CCN(CC=C)CC1COC(=O)O1. The molecule has 1 saturated heterocycles. The molecule has 1 atom stereocenters. The Balaban J connectivity index is 2.34. The smallest absolute Gasteiger partial charge is 0.430 e. The van der Waals surface area contributed by atoms with Gasteiger partial charge in [0.05, 0.1) is 0 Å². The van der Waals surface area contributed by atoms with Crippen molar-refractivity contribution < 1.29 is 14.3 Å². The number of hydrogen-bond donors (Lipinski definition) is 0. The van der Waals surface area contributed by atoms with Crippen LogP contribution in [-0.4, -0.2) is 43.4 Å². The van der Waals surface area contributed by atoms with Gasteiger partial charge in [-0.2, -0.15) is 0 Å². The van der Waals surface area contributed by atoms with Crippen LogP contribution in [-0.2, 0) is 9.47 Å². The lowest BCUT2D eigenvalue weighted by atomic mass is 10.3. The minimum atomic E-state index is -0.577. The fourth-order valence-corrected chi connectivity index (χ4v) is 1.33. The van der Waals surface area contributed by atoms with E-state index in [1.807, 2.05) is 0 Å². The number of carbonyl (C=O) groups is 1. The van der Waals surface area contributed by atoms with Gasteiger partial charge in [-0.1, -0.05) is 12.2 Å². The Morgan fingerprint density at radius 3 is 2.50 bits per heavy atom. The van der Waals surface area contributed by atoms with Crippen LogP contribution >= 0.6 is 0 Å². The molecule has 0 aliphatic carbocycles. The van der Waals surface area contributed by atoms with Crippen LogP contribution in [0.15, 0.2) is 25.3 Å². The van der Waals surface area contributed by atoms with Gasteiger partial charge in [-0.3, -0.25) is 4.90 Å². The Morgan fingerprint density at radius 1 is 1.43 bits per heavy atom. The van der Waals surface area contributed by atoms with E-state index in [-0.39, 0.29) is 6.10 Å². The number of carbonyl (C=O) groups excluding carboxylic acids is 1. The molecule has 1 aliphatic rings. The summed E-state index contributed by atoms with van der Waals surface area (Å²) in [7, 11) is 0. The molecule has 1 rings (SSSR count). The van der Waals surface area contributed by atoms with Crippen LogP contribution < -0.4 is 0 Å². The molecular weight excluding hydrogens is 182 g/mol. The minimum absolute atomic E-state index is 0.164. The standard InChI is InChI=1S/C10H15NO3/c1-3-5-11(6-4-2)7-9-8-13-10(12)14-9/h3-4,9H,1-2,5-8H2. The largest absolute Gasteiger partial charge is 0.508 e. The lowest BCUT2D eigenvalue weighted by Crippen LogP contribution is -2.34. The lowest BCUT2D eigenvalue weighted by molar-refractivity contribution is 0.106. The molecular formula is C10H15NO3. The Hall–Kier alpha value is -1.29. The Morgan fingerprint density at radius 2 is 2.07 bits per heavy atom. The Labute approximate surface area is 83.8 Å². The third-order valence-electron chi connectivity index (χ3n) is 1.89. The zero-order valence-electron chi connectivity index (χ0n) is 8.15. The molecule has 4 heteroatoms. The highest BCUT2D eigenvalue weighted by Gasteiger charge is 2.26. The summed E-state index contributed by atoms with van der Waals surface area (Å²) >= 11 is 0. The summed E-state index contributed by atoms with van der Waals surface area (Å²) in [5.41, 5.74) is 0. The summed E-state index contributed by atoms with van der Waals surface area (Å²) in [6.07, 6.45) is 2.87. The maximum absolute atomic E-state index is 10.6. The summed E-state index contributed by atoms with van der Waals surface area (Å²) in [4.78, 5) is 12.7. The fraction of sp³-hybridized carbons (Fsp3) is 0.500. The molecule has 1 heterocycles. The van der Waals surface area contributed by atoms with Gasteiger partial charge in [-0.25, -0.2) is 4.79 Å². The number of ether oxygens (including phenoxy) is 2. The monoisotopic (exact) mass is 197 g/mol. The average molecular weight is 197 g/mol. The molecule has 14 heavy (non-hydrogen) atoms. The molecule has 0 amide bonds. The predicted molar refractivity (Wildman–Crippen MR) is 53.1 cm³/mol. The topological polar surface area (TPSA) is 38.8 Å². The first kappa shape index (κ1) is 10.8. The van der Waals surface area contributed by atoms with Crippen molar-refractivity contribution in [2.75, 3.05) is 26.2 Å². The van der Waals surface area contributed by atoms with Crippen molar-refractivity contribution in [3.63, 3.8) is 0 Å². The van der Waals surface area contributed by atoms with Crippen LogP contribution in [0.25, 0.3) is 0 Å². The van der Waals surface area contributed by atoms with E-state index in [1.165, 1.54) is 0 Å². The molecule has 0 bridgehead atoms. The predicted octanol–water partition coefficient (Wildman–Crippen LogP) is 1.20. The highest BCUT2D eigenvalue weighted by molar-refractivity contribution is 5.61. The maximum Gasteiger partial charge on any atom is 0.508 e. The van der Waals surface area contributed by atoms with Gasteiger partial charge < -0.3 is 9.47 Å². The molecule has 1 aliphatic heterocycles. The molecule has 0 aromatic rings. The van der Waals surface area contributed by atoms with E-state index in [2.05, 4.69) is 22.8 Å². The van der Waals surface area contributed by atoms with Crippen molar-refractivity contribution in [3.8, 4) is 0 Å². The van der Waals surface area contributed by atoms with Crippen LogP contribution in [0.5, 0.6) is 0 Å². The zero-order chi connectivity index (χ0) is 10.4. The van der Waals surface area contributed by atoms with Crippen LogP contribution in [0.1, 0.15) is 0 Å². The quantitative estimate of drug-likeness (QED) is 0.473. The normalized spacial score (nSPS) is 20.4. The van der Waals surface area contributed by atoms with Gasteiger partial charge in [-0.15, -0.1) is 13.2 Å². The molecule has 1 unspecified atom stereocenters. The molecule has 0 saturated carbocycles. The van der Waals surface area contributed by atoms with E-state index in [4.69, 9.17) is 4.74 Å². The first-order chi connectivity index (χ1) is 6.76. The van der Waals surface area contributed by atoms with E-state index < -0.39 is 6.16 Å². The van der Waals surface area contributed by atoms with Crippen molar-refractivity contribution in [1.29, 1.82) is 0 Å². The first-order valence-electron chi connectivity index (χ1n) is 4.53. The van der Waals surface area contributed by atoms with Gasteiger partial charge in [0.25, 0.3) is 0 Å². The second-order valence-electron chi connectivity index (χ2n) is 3.10. The maximum atomic E-state index is 10.6. The van der Waals surface area contributed by atoms with Crippen molar-refractivity contribution >= 4 is 6.16 Å². The third kappa shape index (κ3) is 3.22. The van der Waals surface area contributed by atoms with Crippen LogP contribution in [0.2, 0.25) is 0 Å². The first-order valence-corrected chi connectivity index (χ1v) is 4.53. The van der Waals surface area contributed by atoms with Gasteiger partial charge in [-0.05, 0) is 0 Å². The van der Waals surface area contributed by atoms with Crippen molar-refractivity contribution in [1.82, 2.24) is 4.90 Å². The fourth-order valence-electron chi connectivity index (χ4n) is 1.33. The number of cyclic esters (lactones) is 2. The van der Waals surface area contributed by atoms with E-state index in [0.717, 1.165) is 13.1 Å². The molecule has 78 valence electrons. The van der Waals surface area contributed by atoms with E-state index in [0.29, 0.717) is 13.2 Å². The second-order valence-corrected chi connectivity index (χ2v) is 3.10. The average Bonchev–Trinajstić information content (AvgIpc) is 2.52. The van der Waals surface area contributed by atoms with Gasteiger partial charge in [0.15, 0.2) is 6.10 Å². The Bertz CT molecular complexity index is 217. The van der Waals surface area contributed by atoms with Crippen molar-refractivity contribution in [2.45, 2.75) is 6.10 Å². The highest BCUT2D eigenvalue weighted by Crippen LogP contribution is 2.07. The van der Waals surface area contributed by atoms with E-state index in [9.17, 15) is 4.79 Å². The van der Waals surface area contributed by atoms with Gasteiger partial charge in [0.2, 0.25) is 0 Å². The summed E-state index contributed by atoms with van der Waals surface area (Å²) in [6, 6.07) is 0. The molecule has 0 aromatic heterocycles. The van der Waals surface area contributed by atoms with E-state index in [1.54, 1.807) is 12.2 Å². The van der Waals surface area contributed by atoms with E-state index >= 15 is 0 Å². The summed E-state index contributed by atoms with van der Waals surface area (Å²) in [5, 5.41) is 0. The van der Waals surface area contributed by atoms with Crippen molar-refractivity contribution in [2.24, 2.45) is 0 Å². The van der Waals surface area contributed by atoms with Crippen LogP contribution in [0, 0.1) is 0 Å². The Kier molecular flexibility index (Phi) is 4.19. The summed E-state index contributed by atoms with van der Waals surface area (Å²) in [6.45, 7) is 9.81. The minimum Gasteiger partial charge on any atom is -0.430 e. The highest BCUT2D eigenvalue weighted by atomic mass is 16.8. The lowest BCUT2D eigenvalue weighted by Gasteiger charge is -2.20.